The molecule has 1 aromatic heterocycles. The van der Waals surface area contributed by atoms with E-state index in [1.54, 1.807) is 59.9 Å². The van der Waals surface area contributed by atoms with Crippen LogP contribution in [0.2, 0.25) is 0 Å². The van der Waals surface area contributed by atoms with E-state index >= 15 is 0 Å². The standard InChI is InChI=1S/C22H21N3O3S/c1-13-2-11-18-19(12-13)29-22(24-18)25-21(27)15-5-9-17(10-6-15)28-16-7-3-14(4-8-16)20(23)26/h3-10,13H,2,11-12H2,1H3,(H2,23,26)(H,24,25,27). The minimum absolute atomic E-state index is 0.193. The van der Waals surface area contributed by atoms with Crippen LogP contribution in [0.1, 0.15) is 44.6 Å². The molecule has 3 aromatic rings. The topological polar surface area (TPSA) is 94.3 Å². The number of aromatic nitrogens is 1. The van der Waals surface area contributed by atoms with Crippen molar-refractivity contribution in [3.8, 4) is 11.5 Å². The van der Waals surface area contributed by atoms with E-state index in [-0.39, 0.29) is 5.91 Å². The quantitative estimate of drug-likeness (QED) is 0.655. The molecular formula is C22H21N3O3S. The Balaban J connectivity index is 1.39. The molecule has 29 heavy (non-hydrogen) atoms. The highest BCUT2D eigenvalue weighted by Crippen LogP contribution is 2.32. The molecule has 1 aliphatic carbocycles. The smallest absolute Gasteiger partial charge is 0.257 e. The highest BCUT2D eigenvalue weighted by molar-refractivity contribution is 7.15. The van der Waals surface area contributed by atoms with Gasteiger partial charge >= 0.3 is 0 Å². The van der Waals surface area contributed by atoms with Gasteiger partial charge in [0.2, 0.25) is 5.91 Å². The maximum absolute atomic E-state index is 12.5. The minimum Gasteiger partial charge on any atom is -0.457 e. The molecule has 4 rings (SSSR count). The number of hydrogen-bond acceptors (Lipinski definition) is 5. The van der Waals surface area contributed by atoms with Gasteiger partial charge in [-0.05, 0) is 73.7 Å². The third kappa shape index (κ3) is 4.46. The number of rotatable bonds is 5. The average Bonchev–Trinajstić information content (AvgIpc) is 3.10. The summed E-state index contributed by atoms with van der Waals surface area (Å²) < 4.78 is 5.74. The van der Waals surface area contributed by atoms with Crippen LogP contribution in [-0.4, -0.2) is 16.8 Å². The summed E-state index contributed by atoms with van der Waals surface area (Å²) in [7, 11) is 0. The molecule has 2 amide bonds. The summed E-state index contributed by atoms with van der Waals surface area (Å²) in [6, 6.07) is 13.4. The van der Waals surface area contributed by atoms with Gasteiger partial charge in [0.05, 0.1) is 5.69 Å². The molecule has 0 saturated carbocycles. The first-order valence-corrected chi connectivity index (χ1v) is 10.3. The lowest BCUT2D eigenvalue weighted by Gasteiger charge is -2.15. The summed E-state index contributed by atoms with van der Waals surface area (Å²) in [5.41, 5.74) is 7.30. The summed E-state index contributed by atoms with van der Waals surface area (Å²) in [6.07, 6.45) is 3.17. The first-order valence-electron chi connectivity index (χ1n) is 9.45. The highest BCUT2D eigenvalue weighted by Gasteiger charge is 2.20. The zero-order chi connectivity index (χ0) is 20.4. The van der Waals surface area contributed by atoms with Crippen molar-refractivity contribution in [2.75, 3.05) is 5.32 Å². The molecule has 7 heteroatoms. The zero-order valence-corrected chi connectivity index (χ0v) is 16.8. The number of carbonyl (C=O) groups excluding carboxylic acids is 2. The molecule has 0 aliphatic heterocycles. The van der Waals surface area contributed by atoms with Gasteiger partial charge in [-0.3, -0.25) is 14.9 Å². The molecule has 0 saturated heterocycles. The number of hydrogen-bond donors (Lipinski definition) is 2. The Labute approximate surface area is 172 Å². The Morgan fingerprint density at radius 2 is 1.69 bits per heavy atom. The van der Waals surface area contributed by atoms with Crippen LogP contribution in [0.4, 0.5) is 5.13 Å². The van der Waals surface area contributed by atoms with Gasteiger partial charge in [-0.2, -0.15) is 0 Å². The Bertz CT molecular complexity index is 1040. The van der Waals surface area contributed by atoms with Crippen LogP contribution in [0, 0.1) is 5.92 Å². The lowest BCUT2D eigenvalue weighted by atomic mass is 9.93. The summed E-state index contributed by atoms with van der Waals surface area (Å²) in [5.74, 6) is 1.16. The number of amides is 2. The third-order valence-corrected chi connectivity index (χ3v) is 5.93. The molecule has 0 fully saturated rings. The molecule has 1 aliphatic rings. The van der Waals surface area contributed by atoms with Crippen LogP contribution in [-0.2, 0) is 12.8 Å². The summed E-state index contributed by atoms with van der Waals surface area (Å²) in [5, 5.41) is 3.56. The molecule has 3 N–H and O–H groups in total. The third-order valence-electron chi connectivity index (χ3n) is 4.90. The van der Waals surface area contributed by atoms with E-state index in [0.717, 1.165) is 25.0 Å². The Hall–Kier alpha value is -3.19. The van der Waals surface area contributed by atoms with Gasteiger partial charge in [-0.1, -0.05) is 6.92 Å². The van der Waals surface area contributed by atoms with Crippen molar-refractivity contribution in [1.82, 2.24) is 4.98 Å². The SMILES string of the molecule is CC1CCc2nc(NC(=O)c3ccc(Oc4ccc(C(N)=O)cc4)cc3)sc2C1. The number of nitrogens with zero attached hydrogens (tertiary/aromatic N) is 1. The number of anilines is 1. The maximum atomic E-state index is 12.5. The van der Waals surface area contributed by atoms with Crippen molar-refractivity contribution in [3.63, 3.8) is 0 Å². The number of benzene rings is 2. The number of fused-ring (bicyclic) bond motifs is 1. The molecule has 1 heterocycles. The summed E-state index contributed by atoms with van der Waals surface area (Å²) in [6.45, 7) is 2.25. The van der Waals surface area contributed by atoms with Crippen LogP contribution in [0.3, 0.4) is 0 Å². The van der Waals surface area contributed by atoms with Gasteiger partial charge in [0.25, 0.3) is 5.91 Å². The van der Waals surface area contributed by atoms with Crippen molar-refractivity contribution in [1.29, 1.82) is 0 Å². The molecular weight excluding hydrogens is 386 g/mol. The van der Waals surface area contributed by atoms with Crippen molar-refractivity contribution < 1.29 is 14.3 Å². The minimum atomic E-state index is -0.484. The number of aryl methyl sites for hydroxylation is 1. The molecule has 1 atom stereocenters. The molecule has 2 aromatic carbocycles. The molecule has 0 bridgehead atoms. The highest BCUT2D eigenvalue weighted by atomic mass is 32.1. The van der Waals surface area contributed by atoms with Crippen LogP contribution >= 0.6 is 11.3 Å². The lowest BCUT2D eigenvalue weighted by Crippen LogP contribution is -2.12. The van der Waals surface area contributed by atoms with Crippen molar-refractivity contribution in [3.05, 3.63) is 70.2 Å². The van der Waals surface area contributed by atoms with Crippen LogP contribution < -0.4 is 15.8 Å². The number of nitrogens with two attached hydrogens (primary N) is 1. The van der Waals surface area contributed by atoms with E-state index in [4.69, 9.17) is 10.5 Å². The van der Waals surface area contributed by atoms with Gasteiger partial charge in [-0.25, -0.2) is 4.98 Å². The van der Waals surface area contributed by atoms with E-state index in [0.29, 0.717) is 33.7 Å². The monoisotopic (exact) mass is 407 g/mol. The molecule has 6 nitrogen and oxygen atoms in total. The zero-order valence-electron chi connectivity index (χ0n) is 16.0. The predicted octanol–water partition coefficient (Wildman–Crippen LogP) is 4.41. The number of ether oxygens (including phenoxy) is 1. The molecule has 1 unspecified atom stereocenters. The summed E-state index contributed by atoms with van der Waals surface area (Å²) in [4.78, 5) is 29.5. The number of primary amides is 1. The predicted molar refractivity (Wildman–Crippen MR) is 113 cm³/mol. The van der Waals surface area contributed by atoms with Gasteiger partial charge in [-0.15, -0.1) is 11.3 Å². The van der Waals surface area contributed by atoms with E-state index < -0.39 is 5.91 Å². The van der Waals surface area contributed by atoms with Gasteiger partial charge in [0.15, 0.2) is 5.13 Å². The largest absolute Gasteiger partial charge is 0.457 e. The fraction of sp³-hybridized carbons (Fsp3) is 0.227. The summed E-state index contributed by atoms with van der Waals surface area (Å²) >= 11 is 1.57. The van der Waals surface area contributed by atoms with Crippen LogP contribution in [0.5, 0.6) is 11.5 Å². The Morgan fingerprint density at radius 1 is 1.07 bits per heavy atom. The van der Waals surface area contributed by atoms with Crippen molar-refractivity contribution >= 4 is 28.3 Å². The van der Waals surface area contributed by atoms with E-state index in [1.807, 2.05) is 0 Å². The first kappa shape index (κ1) is 19.1. The maximum Gasteiger partial charge on any atom is 0.257 e. The van der Waals surface area contributed by atoms with Crippen LogP contribution in [0.15, 0.2) is 48.5 Å². The van der Waals surface area contributed by atoms with E-state index in [9.17, 15) is 9.59 Å². The fourth-order valence-corrected chi connectivity index (χ4v) is 4.43. The van der Waals surface area contributed by atoms with Gasteiger partial charge in [0, 0.05) is 16.0 Å². The Kier molecular flexibility index (Phi) is 5.31. The van der Waals surface area contributed by atoms with E-state index in [1.165, 1.54) is 4.88 Å². The normalized spacial score (nSPS) is 15.4. The second-order valence-electron chi connectivity index (χ2n) is 7.21. The molecule has 0 spiro atoms. The number of thiazole rings is 1. The number of nitrogens with one attached hydrogen (secondary N) is 1. The number of carbonyl (C=O) groups is 2. The fourth-order valence-electron chi connectivity index (χ4n) is 3.26. The lowest BCUT2D eigenvalue weighted by molar-refractivity contribution is 0.0997. The first-order chi connectivity index (χ1) is 14.0. The van der Waals surface area contributed by atoms with E-state index in [2.05, 4.69) is 17.2 Å². The van der Waals surface area contributed by atoms with Crippen LogP contribution in [0.25, 0.3) is 0 Å². The second kappa shape index (κ2) is 8.05. The van der Waals surface area contributed by atoms with Gasteiger partial charge < -0.3 is 10.5 Å². The Morgan fingerprint density at radius 3 is 2.31 bits per heavy atom. The molecule has 148 valence electrons. The van der Waals surface area contributed by atoms with Crippen molar-refractivity contribution in [2.24, 2.45) is 11.7 Å². The van der Waals surface area contributed by atoms with Gasteiger partial charge in [0.1, 0.15) is 11.5 Å². The second-order valence-corrected chi connectivity index (χ2v) is 8.29. The van der Waals surface area contributed by atoms with Crippen molar-refractivity contribution in [2.45, 2.75) is 26.2 Å². The average molecular weight is 407 g/mol. The molecule has 0 radical (unpaired) electrons.